The molecule has 4 saturated carbocycles. The second-order valence-electron chi connectivity index (χ2n) is 9.58. The Kier molecular flexibility index (Phi) is 2.94. The van der Waals surface area contributed by atoms with E-state index < -0.39 is 0 Å². The first-order valence-electron chi connectivity index (χ1n) is 8.99. The summed E-state index contributed by atoms with van der Waals surface area (Å²) in [6.07, 6.45) is 7.70. The fourth-order valence-corrected chi connectivity index (χ4v) is 6.63. The summed E-state index contributed by atoms with van der Waals surface area (Å²) in [5, 5.41) is 0. The largest absolute Gasteiger partial charge is 0.369 e. The van der Waals surface area contributed by atoms with Gasteiger partial charge in [0.1, 0.15) is 5.78 Å². The van der Waals surface area contributed by atoms with Gasteiger partial charge >= 0.3 is 0 Å². The predicted octanol–water partition coefficient (Wildman–Crippen LogP) is 4.22. The molecule has 4 aliphatic carbocycles. The lowest BCUT2D eigenvalue weighted by atomic mass is 9.50. The zero-order valence-electron chi connectivity index (χ0n) is 14.0. The molecule has 0 amide bonds. The van der Waals surface area contributed by atoms with Gasteiger partial charge in [0.25, 0.3) is 0 Å². The number of hydrogen-bond donors (Lipinski definition) is 0. The van der Waals surface area contributed by atoms with E-state index in [-0.39, 0.29) is 17.1 Å². The Hall–Kier alpha value is -0.370. The molecule has 0 radical (unpaired) electrons. The van der Waals surface area contributed by atoms with Gasteiger partial charge in [-0.3, -0.25) is 4.79 Å². The van der Waals surface area contributed by atoms with Crippen molar-refractivity contribution in [3.63, 3.8) is 0 Å². The predicted molar refractivity (Wildman–Crippen MR) is 82.9 cm³/mol. The number of carbonyl (C=O) groups is 1. The van der Waals surface area contributed by atoms with E-state index in [0.717, 1.165) is 18.3 Å². The van der Waals surface area contributed by atoms with Gasteiger partial charge in [0.15, 0.2) is 0 Å². The number of carbonyl (C=O) groups excluding carboxylic acids is 1. The van der Waals surface area contributed by atoms with Crippen molar-refractivity contribution in [2.24, 2.45) is 35.5 Å². The highest BCUT2D eigenvalue weighted by molar-refractivity contribution is 5.85. The van der Waals surface area contributed by atoms with Crippen molar-refractivity contribution >= 4 is 5.78 Å². The summed E-state index contributed by atoms with van der Waals surface area (Å²) >= 11 is 0. The van der Waals surface area contributed by atoms with E-state index in [9.17, 15) is 4.79 Å². The Morgan fingerprint density at radius 2 is 1.43 bits per heavy atom. The van der Waals surface area contributed by atoms with Crippen LogP contribution in [-0.2, 0) is 9.53 Å². The molecule has 1 aliphatic heterocycles. The average Bonchev–Trinajstić information content (AvgIpc) is 2.55. The van der Waals surface area contributed by atoms with Gasteiger partial charge < -0.3 is 4.74 Å². The normalized spacial score (nSPS) is 49.5. The van der Waals surface area contributed by atoms with Crippen LogP contribution in [0.25, 0.3) is 0 Å². The van der Waals surface area contributed by atoms with E-state index in [4.69, 9.17) is 4.74 Å². The molecule has 5 rings (SSSR count). The summed E-state index contributed by atoms with van der Waals surface area (Å²) in [6.45, 7) is 8.53. The van der Waals surface area contributed by atoms with Crippen LogP contribution in [0.3, 0.4) is 0 Å². The van der Waals surface area contributed by atoms with Gasteiger partial charge in [-0.25, -0.2) is 0 Å². The SMILES string of the molecule is CC1(C)CC(C(=O)C2C3CC4CC(C3)CC2C4)C(C)(C)O1. The van der Waals surface area contributed by atoms with Gasteiger partial charge in [-0.1, -0.05) is 0 Å². The summed E-state index contributed by atoms with van der Waals surface area (Å²) in [5.74, 6) is 4.32. The smallest absolute Gasteiger partial charge is 0.142 e. The highest BCUT2D eigenvalue weighted by Gasteiger charge is 2.56. The quantitative estimate of drug-likeness (QED) is 0.761. The molecule has 5 aliphatic rings. The van der Waals surface area contributed by atoms with Crippen LogP contribution in [0.1, 0.15) is 66.2 Å². The Labute approximate surface area is 129 Å². The zero-order valence-corrected chi connectivity index (χ0v) is 14.0. The van der Waals surface area contributed by atoms with Crippen molar-refractivity contribution in [3.05, 3.63) is 0 Å². The molecule has 1 saturated heterocycles. The molecule has 1 unspecified atom stereocenters. The lowest BCUT2D eigenvalue weighted by Gasteiger charge is -2.54. The molecule has 1 heterocycles. The summed E-state index contributed by atoms with van der Waals surface area (Å²) < 4.78 is 6.19. The van der Waals surface area contributed by atoms with Gasteiger partial charge in [-0.2, -0.15) is 0 Å². The standard InChI is InChI=1S/C19H30O2/c1-18(2)10-15(19(3,4)21-18)17(20)16-13-6-11-5-12(8-13)9-14(16)7-11/h11-16H,5-10H2,1-4H3. The van der Waals surface area contributed by atoms with Crippen LogP contribution in [0.15, 0.2) is 0 Å². The number of Topliss-reactive ketones (excluding diaryl/α,β-unsaturated/α-hetero) is 1. The van der Waals surface area contributed by atoms with Crippen LogP contribution in [0.5, 0.6) is 0 Å². The zero-order chi connectivity index (χ0) is 15.0. The molecule has 21 heavy (non-hydrogen) atoms. The highest BCUT2D eigenvalue weighted by atomic mass is 16.5. The van der Waals surface area contributed by atoms with E-state index in [1.165, 1.54) is 32.1 Å². The Morgan fingerprint density at radius 3 is 1.86 bits per heavy atom. The van der Waals surface area contributed by atoms with Crippen molar-refractivity contribution in [3.8, 4) is 0 Å². The van der Waals surface area contributed by atoms with Crippen molar-refractivity contribution in [1.82, 2.24) is 0 Å². The first kappa shape index (κ1) is 14.2. The van der Waals surface area contributed by atoms with Crippen molar-refractivity contribution in [1.29, 1.82) is 0 Å². The number of rotatable bonds is 2. The van der Waals surface area contributed by atoms with Crippen LogP contribution in [0.4, 0.5) is 0 Å². The Bertz CT molecular complexity index is 434. The maximum atomic E-state index is 13.4. The number of ketones is 1. The molecule has 0 spiro atoms. The third-order valence-electron chi connectivity index (χ3n) is 6.97. The topological polar surface area (TPSA) is 26.3 Å². The van der Waals surface area contributed by atoms with Crippen LogP contribution in [0.2, 0.25) is 0 Å². The average molecular weight is 290 g/mol. The van der Waals surface area contributed by atoms with Crippen LogP contribution < -0.4 is 0 Å². The number of hydrogen-bond acceptors (Lipinski definition) is 2. The molecule has 2 nitrogen and oxygen atoms in total. The second kappa shape index (κ2) is 4.34. The third-order valence-corrected chi connectivity index (χ3v) is 6.97. The Balaban J connectivity index is 1.58. The van der Waals surface area contributed by atoms with Crippen LogP contribution >= 0.6 is 0 Å². The maximum absolute atomic E-state index is 13.4. The fraction of sp³-hybridized carbons (Fsp3) is 0.947. The molecular weight excluding hydrogens is 260 g/mol. The van der Waals surface area contributed by atoms with E-state index in [1.54, 1.807) is 0 Å². The monoisotopic (exact) mass is 290 g/mol. The Morgan fingerprint density at radius 1 is 0.905 bits per heavy atom. The van der Waals surface area contributed by atoms with Gasteiger partial charge in [-0.05, 0) is 89.9 Å². The van der Waals surface area contributed by atoms with E-state index in [2.05, 4.69) is 27.7 Å². The summed E-state index contributed by atoms with van der Waals surface area (Å²) in [6, 6.07) is 0. The third kappa shape index (κ3) is 2.20. The molecule has 1 atom stereocenters. The maximum Gasteiger partial charge on any atom is 0.142 e. The van der Waals surface area contributed by atoms with Crippen LogP contribution in [0, 0.1) is 35.5 Å². The van der Waals surface area contributed by atoms with Gasteiger partial charge in [0.2, 0.25) is 0 Å². The molecule has 0 aromatic carbocycles. The van der Waals surface area contributed by atoms with Crippen LogP contribution in [-0.4, -0.2) is 17.0 Å². The minimum atomic E-state index is -0.282. The van der Waals surface area contributed by atoms with Crippen molar-refractivity contribution in [2.75, 3.05) is 0 Å². The van der Waals surface area contributed by atoms with E-state index in [0.29, 0.717) is 23.5 Å². The summed E-state index contributed by atoms with van der Waals surface area (Å²) in [4.78, 5) is 13.4. The molecular formula is C19H30O2. The first-order chi connectivity index (χ1) is 9.75. The highest BCUT2D eigenvalue weighted by Crippen LogP contribution is 2.58. The van der Waals surface area contributed by atoms with Gasteiger partial charge in [0, 0.05) is 11.8 Å². The molecule has 4 bridgehead atoms. The van der Waals surface area contributed by atoms with Gasteiger partial charge in [0.05, 0.1) is 11.2 Å². The molecule has 0 N–H and O–H groups in total. The van der Waals surface area contributed by atoms with Crippen molar-refractivity contribution < 1.29 is 9.53 Å². The minimum Gasteiger partial charge on any atom is -0.369 e. The minimum absolute atomic E-state index is 0.107. The summed E-state index contributed by atoms with van der Waals surface area (Å²) in [5.41, 5.74) is -0.426. The number of ether oxygens (including phenoxy) is 1. The first-order valence-corrected chi connectivity index (χ1v) is 8.99. The molecule has 5 fully saturated rings. The summed E-state index contributed by atoms with van der Waals surface area (Å²) in [7, 11) is 0. The molecule has 2 heteroatoms. The lowest BCUT2D eigenvalue weighted by Crippen LogP contribution is -2.51. The van der Waals surface area contributed by atoms with Crippen molar-refractivity contribution in [2.45, 2.75) is 77.4 Å². The van der Waals surface area contributed by atoms with E-state index in [1.807, 2.05) is 0 Å². The van der Waals surface area contributed by atoms with Gasteiger partial charge in [-0.15, -0.1) is 0 Å². The van der Waals surface area contributed by atoms with E-state index >= 15 is 0 Å². The second-order valence-corrected chi connectivity index (χ2v) is 9.58. The molecule has 118 valence electrons. The molecule has 0 aromatic rings. The fourth-order valence-electron chi connectivity index (χ4n) is 6.63. The lowest BCUT2D eigenvalue weighted by molar-refractivity contribution is -0.145. The molecule has 0 aromatic heterocycles.